The molecule has 0 spiro atoms. The molecule has 1 saturated heterocycles. The normalized spacial score (nSPS) is 17.5. The van der Waals surface area contributed by atoms with E-state index in [1.807, 2.05) is 6.92 Å². The molecule has 1 fully saturated rings. The van der Waals surface area contributed by atoms with Gasteiger partial charge in [0.25, 0.3) is 0 Å². The number of hydrogen-bond acceptors (Lipinski definition) is 5. The van der Waals surface area contributed by atoms with Crippen LogP contribution in [0, 0.1) is 0 Å². The minimum Gasteiger partial charge on any atom is -0.494 e. The molecule has 0 saturated carbocycles. The molecule has 0 radical (unpaired) electrons. The Morgan fingerprint density at radius 3 is 2.60 bits per heavy atom. The van der Waals surface area contributed by atoms with Crippen molar-refractivity contribution in [2.24, 2.45) is 0 Å². The van der Waals surface area contributed by atoms with Crippen LogP contribution in [0.25, 0.3) is 0 Å². The average Bonchev–Trinajstić information content (AvgIpc) is 3.05. The molecule has 0 bridgehead atoms. The van der Waals surface area contributed by atoms with Gasteiger partial charge in [0, 0.05) is 19.5 Å². The molecule has 1 heterocycles. The maximum atomic E-state index is 12.2. The predicted octanol–water partition coefficient (Wildman–Crippen LogP) is 0.829. The maximum Gasteiger partial charge on any atom is 0.326 e. The Balaban J connectivity index is 1.89. The van der Waals surface area contributed by atoms with Crippen LogP contribution in [0.15, 0.2) is 29.2 Å². The van der Waals surface area contributed by atoms with E-state index in [0.717, 1.165) is 0 Å². The first-order valence-corrected chi connectivity index (χ1v) is 9.58. The molecule has 2 rings (SSSR count). The Morgan fingerprint density at radius 2 is 2.00 bits per heavy atom. The average molecular weight is 370 g/mol. The molecule has 1 aromatic carbocycles. The first-order chi connectivity index (χ1) is 11.8. The Kier molecular flexibility index (Phi) is 6.38. The molecular formula is C16H22N2O6S. The van der Waals surface area contributed by atoms with E-state index in [2.05, 4.69) is 4.72 Å². The number of sulfonamides is 1. The van der Waals surface area contributed by atoms with Crippen LogP contribution >= 0.6 is 0 Å². The Morgan fingerprint density at radius 1 is 1.32 bits per heavy atom. The van der Waals surface area contributed by atoms with Gasteiger partial charge in [0.15, 0.2) is 0 Å². The van der Waals surface area contributed by atoms with E-state index in [4.69, 9.17) is 9.84 Å². The van der Waals surface area contributed by atoms with Crippen molar-refractivity contribution in [3.05, 3.63) is 24.3 Å². The van der Waals surface area contributed by atoms with Crippen molar-refractivity contribution in [2.75, 3.05) is 19.7 Å². The van der Waals surface area contributed by atoms with Gasteiger partial charge in [-0.25, -0.2) is 17.9 Å². The summed E-state index contributed by atoms with van der Waals surface area (Å²) in [5, 5.41) is 9.08. The van der Waals surface area contributed by atoms with Gasteiger partial charge in [0.2, 0.25) is 15.9 Å². The summed E-state index contributed by atoms with van der Waals surface area (Å²) in [6, 6.07) is 5.16. The smallest absolute Gasteiger partial charge is 0.326 e. The second-order valence-corrected chi connectivity index (χ2v) is 7.40. The van der Waals surface area contributed by atoms with Crippen LogP contribution in [-0.4, -0.2) is 56.0 Å². The lowest BCUT2D eigenvalue weighted by Crippen LogP contribution is -2.41. The molecule has 1 amide bonds. The molecule has 138 valence electrons. The number of benzene rings is 1. The summed E-state index contributed by atoms with van der Waals surface area (Å²) in [7, 11) is -3.73. The highest BCUT2D eigenvalue weighted by molar-refractivity contribution is 7.89. The summed E-state index contributed by atoms with van der Waals surface area (Å²) >= 11 is 0. The third-order valence-corrected chi connectivity index (χ3v) is 5.41. The topological polar surface area (TPSA) is 113 Å². The van der Waals surface area contributed by atoms with Crippen LogP contribution in [0.5, 0.6) is 5.75 Å². The van der Waals surface area contributed by atoms with Crippen molar-refractivity contribution in [3.63, 3.8) is 0 Å². The number of hydrogen-bond donors (Lipinski definition) is 2. The lowest BCUT2D eigenvalue weighted by Gasteiger charge is -2.21. The Labute approximate surface area is 146 Å². The fraction of sp³-hybridized carbons (Fsp3) is 0.500. The zero-order valence-electron chi connectivity index (χ0n) is 14.0. The lowest BCUT2D eigenvalue weighted by atomic mass is 10.2. The number of carboxylic acid groups (broad SMARTS) is 1. The number of rotatable bonds is 8. The van der Waals surface area contributed by atoms with Gasteiger partial charge in [-0.05, 0) is 44.0 Å². The van der Waals surface area contributed by atoms with Gasteiger partial charge in [-0.15, -0.1) is 0 Å². The third kappa shape index (κ3) is 4.93. The van der Waals surface area contributed by atoms with Gasteiger partial charge in [-0.3, -0.25) is 4.79 Å². The molecule has 1 aliphatic rings. The minimum atomic E-state index is -3.73. The van der Waals surface area contributed by atoms with E-state index in [1.165, 1.54) is 17.0 Å². The van der Waals surface area contributed by atoms with E-state index >= 15 is 0 Å². The maximum absolute atomic E-state index is 12.2. The Hall–Kier alpha value is -2.13. The molecule has 1 aromatic rings. The van der Waals surface area contributed by atoms with E-state index in [-0.39, 0.29) is 23.8 Å². The molecule has 1 unspecified atom stereocenters. The predicted molar refractivity (Wildman–Crippen MR) is 89.8 cm³/mol. The van der Waals surface area contributed by atoms with Gasteiger partial charge in [-0.1, -0.05) is 0 Å². The molecule has 1 atom stereocenters. The van der Waals surface area contributed by atoms with Crippen LogP contribution in [0.2, 0.25) is 0 Å². The number of aliphatic carboxylic acids is 1. The van der Waals surface area contributed by atoms with Crippen molar-refractivity contribution in [3.8, 4) is 5.75 Å². The number of ether oxygens (including phenoxy) is 1. The quantitative estimate of drug-likeness (QED) is 0.701. The van der Waals surface area contributed by atoms with Gasteiger partial charge in [-0.2, -0.15) is 0 Å². The van der Waals surface area contributed by atoms with Crippen molar-refractivity contribution in [2.45, 2.75) is 37.1 Å². The number of amides is 1. The molecule has 1 aliphatic heterocycles. The van der Waals surface area contributed by atoms with E-state index in [1.54, 1.807) is 12.1 Å². The van der Waals surface area contributed by atoms with Crippen molar-refractivity contribution in [1.82, 2.24) is 9.62 Å². The fourth-order valence-electron chi connectivity index (χ4n) is 2.72. The monoisotopic (exact) mass is 370 g/mol. The second-order valence-electron chi connectivity index (χ2n) is 5.64. The molecule has 9 heteroatoms. The van der Waals surface area contributed by atoms with Crippen LogP contribution < -0.4 is 9.46 Å². The first-order valence-electron chi connectivity index (χ1n) is 8.10. The van der Waals surface area contributed by atoms with Crippen LogP contribution in [0.4, 0.5) is 0 Å². The summed E-state index contributed by atoms with van der Waals surface area (Å²) in [5.41, 5.74) is 0. The second kappa shape index (κ2) is 8.30. The van der Waals surface area contributed by atoms with Crippen molar-refractivity contribution < 1.29 is 27.9 Å². The molecular weight excluding hydrogens is 348 g/mol. The summed E-state index contributed by atoms with van der Waals surface area (Å²) in [4.78, 5) is 24.6. The van der Waals surface area contributed by atoms with E-state index in [9.17, 15) is 18.0 Å². The highest BCUT2D eigenvalue weighted by Crippen LogP contribution is 2.19. The number of likely N-dealkylation sites (tertiary alicyclic amines) is 1. The summed E-state index contributed by atoms with van der Waals surface area (Å²) < 4.78 is 32.0. The fourth-order valence-corrected chi connectivity index (χ4v) is 3.75. The first kappa shape index (κ1) is 19.2. The molecule has 2 N–H and O–H groups in total. The van der Waals surface area contributed by atoms with Gasteiger partial charge in [0.1, 0.15) is 11.8 Å². The molecule has 0 aliphatic carbocycles. The van der Waals surface area contributed by atoms with Gasteiger partial charge >= 0.3 is 5.97 Å². The lowest BCUT2D eigenvalue weighted by molar-refractivity contribution is -0.148. The largest absolute Gasteiger partial charge is 0.494 e. The standard InChI is InChI=1S/C16H22N2O6S/c1-2-24-12-5-7-13(8-6-12)25(22,23)17-10-9-15(19)18-11-3-4-14(18)16(20)21/h5-8,14,17H,2-4,9-11H2,1H3,(H,20,21). The van der Waals surface area contributed by atoms with Crippen LogP contribution in [-0.2, 0) is 19.6 Å². The number of nitrogens with zero attached hydrogens (tertiary/aromatic N) is 1. The number of carbonyl (C=O) groups is 2. The van der Waals surface area contributed by atoms with Gasteiger partial charge in [0.05, 0.1) is 11.5 Å². The highest BCUT2D eigenvalue weighted by Gasteiger charge is 2.33. The summed E-state index contributed by atoms with van der Waals surface area (Å²) in [6.45, 7) is 2.62. The Bertz CT molecular complexity index is 717. The van der Waals surface area contributed by atoms with E-state index in [0.29, 0.717) is 31.7 Å². The summed E-state index contributed by atoms with van der Waals surface area (Å²) in [5.74, 6) is -0.814. The number of carbonyl (C=O) groups excluding carboxylic acids is 1. The molecule has 8 nitrogen and oxygen atoms in total. The number of carboxylic acids is 1. The van der Waals surface area contributed by atoms with E-state index < -0.39 is 22.0 Å². The molecule has 0 aromatic heterocycles. The van der Waals surface area contributed by atoms with Gasteiger partial charge < -0.3 is 14.7 Å². The minimum absolute atomic E-state index is 0.0768. The highest BCUT2D eigenvalue weighted by atomic mass is 32.2. The van der Waals surface area contributed by atoms with Crippen molar-refractivity contribution in [1.29, 1.82) is 0 Å². The van der Waals surface area contributed by atoms with Crippen molar-refractivity contribution >= 4 is 21.9 Å². The summed E-state index contributed by atoms with van der Waals surface area (Å²) in [6.07, 6.45) is 0.986. The molecule has 25 heavy (non-hydrogen) atoms. The SMILES string of the molecule is CCOc1ccc(S(=O)(=O)NCCC(=O)N2CCCC2C(=O)O)cc1. The zero-order chi connectivity index (χ0) is 18.4. The zero-order valence-corrected chi connectivity index (χ0v) is 14.8. The van der Waals surface area contributed by atoms with Crippen LogP contribution in [0.3, 0.4) is 0 Å². The third-order valence-electron chi connectivity index (χ3n) is 3.93. The number of nitrogens with one attached hydrogen (secondary N) is 1. The van der Waals surface area contributed by atoms with Crippen LogP contribution in [0.1, 0.15) is 26.2 Å².